The Morgan fingerprint density at radius 2 is 2.36 bits per heavy atom. The number of aliphatic hydroxyl groups is 1. The highest BCUT2D eigenvalue weighted by Crippen LogP contribution is 2.33. The van der Waals surface area contributed by atoms with Crippen molar-refractivity contribution in [2.75, 3.05) is 6.61 Å². The van der Waals surface area contributed by atoms with Crippen LogP contribution in [0.25, 0.3) is 0 Å². The monoisotopic (exact) mass is 170 g/mol. The van der Waals surface area contributed by atoms with Crippen molar-refractivity contribution in [2.24, 2.45) is 0 Å². The zero-order valence-electron chi connectivity index (χ0n) is 5.75. The molecule has 1 aromatic rings. The highest BCUT2D eigenvalue weighted by Gasteiger charge is 2.21. The highest BCUT2D eigenvalue weighted by molar-refractivity contribution is 6.30. The van der Waals surface area contributed by atoms with E-state index in [0.717, 1.165) is 5.56 Å². The Morgan fingerprint density at radius 3 is 3.18 bits per heavy atom. The van der Waals surface area contributed by atoms with Gasteiger partial charge in [0.25, 0.3) is 0 Å². The topological polar surface area (TPSA) is 29.5 Å². The zero-order valence-corrected chi connectivity index (χ0v) is 6.51. The van der Waals surface area contributed by atoms with Gasteiger partial charge in [-0.2, -0.15) is 0 Å². The summed E-state index contributed by atoms with van der Waals surface area (Å²) >= 11 is 5.71. The zero-order chi connectivity index (χ0) is 7.84. The molecule has 0 saturated carbocycles. The highest BCUT2D eigenvalue weighted by atomic mass is 35.5. The molecule has 1 aliphatic rings. The van der Waals surface area contributed by atoms with Gasteiger partial charge in [0.2, 0.25) is 0 Å². The van der Waals surface area contributed by atoms with Gasteiger partial charge in [0, 0.05) is 10.6 Å². The average Bonchev–Trinajstić information content (AvgIpc) is 2.32. The first-order valence-electron chi connectivity index (χ1n) is 3.37. The molecule has 0 fully saturated rings. The van der Waals surface area contributed by atoms with Crippen LogP contribution in [0.5, 0.6) is 5.75 Å². The van der Waals surface area contributed by atoms with Crippen molar-refractivity contribution in [1.29, 1.82) is 0 Å². The SMILES string of the molecule is O[C@@H]1COc2cc(Cl)ccc21. The molecule has 0 spiro atoms. The van der Waals surface area contributed by atoms with Crippen molar-refractivity contribution >= 4 is 11.6 Å². The van der Waals surface area contributed by atoms with Gasteiger partial charge in [-0.15, -0.1) is 0 Å². The second kappa shape index (κ2) is 2.40. The molecule has 0 amide bonds. The number of halogens is 1. The van der Waals surface area contributed by atoms with Crippen molar-refractivity contribution in [1.82, 2.24) is 0 Å². The van der Waals surface area contributed by atoms with Gasteiger partial charge in [0.15, 0.2) is 0 Å². The third-order valence-corrected chi connectivity index (χ3v) is 1.97. The molecule has 1 N–H and O–H groups in total. The van der Waals surface area contributed by atoms with Gasteiger partial charge >= 0.3 is 0 Å². The number of hydrogen-bond acceptors (Lipinski definition) is 2. The molecule has 1 aliphatic heterocycles. The minimum Gasteiger partial charge on any atom is -0.490 e. The predicted molar refractivity (Wildman–Crippen MR) is 41.9 cm³/mol. The lowest BCUT2D eigenvalue weighted by atomic mass is 10.1. The standard InChI is InChI=1S/C8H7ClO2/c9-5-1-2-6-7(10)4-11-8(6)3-5/h1-3,7,10H,4H2/t7-/m1/s1. The van der Waals surface area contributed by atoms with Crippen LogP contribution < -0.4 is 4.74 Å². The fourth-order valence-electron chi connectivity index (χ4n) is 1.17. The van der Waals surface area contributed by atoms with Crippen molar-refractivity contribution < 1.29 is 9.84 Å². The average molecular weight is 171 g/mol. The Bertz CT molecular complexity index is 285. The molecule has 0 aromatic heterocycles. The molecule has 58 valence electrons. The van der Waals surface area contributed by atoms with Gasteiger partial charge in [0.05, 0.1) is 0 Å². The number of ether oxygens (including phenoxy) is 1. The van der Waals surface area contributed by atoms with Crippen molar-refractivity contribution in [2.45, 2.75) is 6.10 Å². The molecule has 11 heavy (non-hydrogen) atoms. The van der Waals surface area contributed by atoms with Crippen LogP contribution in [-0.4, -0.2) is 11.7 Å². The Balaban J connectivity index is 2.50. The second-order valence-corrected chi connectivity index (χ2v) is 2.95. The third kappa shape index (κ3) is 1.08. The van der Waals surface area contributed by atoms with E-state index in [4.69, 9.17) is 16.3 Å². The summed E-state index contributed by atoms with van der Waals surface area (Å²) in [5.74, 6) is 0.699. The van der Waals surface area contributed by atoms with E-state index in [1.54, 1.807) is 18.2 Å². The van der Waals surface area contributed by atoms with E-state index < -0.39 is 6.10 Å². The fourth-order valence-corrected chi connectivity index (χ4v) is 1.33. The van der Waals surface area contributed by atoms with Crippen molar-refractivity contribution in [3.05, 3.63) is 28.8 Å². The summed E-state index contributed by atoms with van der Waals surface area (Å²) < 4.78 is 5.16. The summed E-state index contributed by atoms with van der Waals surface area (Å²) in [4.78, 5) is 0. The largest absolute Gasteiger partial charge is 0.490 e. The second-order valence-electron chi connectivity index (χ2n) is 2.51. The van der Waals surface area contributed by atoms with E-state index in [1.807, 2.05) is 0 Å². The number of fused-ring (bicyclic) bond motifs is 1. The van der Waals surface area contributed by atoms with E-state index >= 15 is 0 Å². The summed E-state index contributed by atoms with van der Waals surface area (Å²) in [6, 6.07) is 5.25. The van der Waals surface area contributed by atoms with Gasteiger partial charge in [-0.05, 0) is 12.1 Å². The van der Waals surface area contributed by atoms with Crippen LogP contribution >= 0.6 is 11.6 Å². The van der Waals surface area contributed by atoms with Crippen LogP contribution in [0.15, 0.2) is 18.2 Å². The minimum absolute atomic E-state index is 0.343. The molecule has 0 bridgehead atoms. The molecule has 0 aliphatic carbocycles. The maximum absolute atomic E-state index is 9.30. The summed E-state index contributed by atoms with van der Waals surface area (Å²) in [5.41, 5.74) is 0.828. The Labute approximate surface area is 69.4 Å². The summed E-state index contributed by atoms with van der Waals surface area (Å²) in [6.07, 6.45) is -0.484. The molecular weight excluding hydrogens is 164 g/mol. The molecule has 0 radical (unpaired) electrons. The van der Waals surface area contributed by atoms with Gasteiger partial charge in [0.1, 0.15) is 18.5 Å². The van der Waals surface area contributed by atoms with Crippen LogP contribution in [-0.2, 0) is 0 Å². The lowest BCUT2D eigenvalue weighted by Crippen LogP contribution is -1.97. The van der Waals surface area contributed by atoms with E-state index in [1.165, 1.54) is 0 Å². The Kier molecular flexibility index (Phi) is 1.51. The molecule has 1 aromatic carbocycles. The van der Waals surface area contributed by atoms with Crippen LogP contribution in [0.1, 0.15) is 11.7 Å². The fraction of sp³-hybridized carbons (Fsp3) is 0.250. The van der Waals surface area contributed by atoms with E-state index in [-0.39, 0.29) is 0 Å². The number of rotatable bonds is 0. The molecule has 2 rings (SSSR count). The normalized spacial score (nSPS) is 21.1. The van der Waals surface area contributed by atoms with Crippen LogP contribution in [0.4, 0.5) is 0 Å². The molecule has 1 heterocycles. The molecule has 2 nitrogen and oxygen atoms in total. The lowest BCUT2D eigenvalue weighted by molar-refractivity contribution is 0.140. The molecule has 3 heteroatoms. The quantitative estimate of drug-likeness (QED) is 0.643. The lowest BCUT2D eigenvalue weighted by Gasteiger charge is -1.98. The van der Waals surface area contributed by atoms with Gasteiger partial charge in [-0.1, -0.05) is 17.7 Å². The third-order valence-electron chi connectivity index (χ3n) is 1.73. The van der Waals surface area contributed by atoms with E-state index in [0.29, 0.717) is 17.4 Å². The summed E-state index contributed by atoms with van der Waals surface area (Å²) in [5, 5.41) is 9.94. The Morgan fingerprint density at radius 1 is 1.55 bits per heavy atom. The van der Waals surface area contributed by atoms with Gasteiger partial charge in [-0.3, -0.25) is 0 Å². The molecule has 0 unspecified atom stereocenters. The summed E-state index contributed by atoms with van der Waals surface area (Å²) in [7, 11) is 0. The number of hydrogen-bond donors (Lipinski definition) is 1. The van der Waals surface area contributed by atoms with Crippen molar-refractivity contribution in [3.63, 3.8) is 0 Å². The van der Waals surface area contributed by atoms with E-state index in [9.17, 15) is 5.11 Å². The van der Waals surface area contributed by atoms with Crippen LogP contribution in [0.2, 0.25) is 5.02 Å². The first-order valence-corrected chi connectivity index (χ1v) is 3.75. The smallest absolute Gasteiger partial charge is 0.126 e. The first kappa shape index (κ1) is 6.95. The van der Waals surface area contributed by atoms with Gasteiger partial charge in [-0.25, -0.2) is 0 Å². The summed E-state index contributed by atoms with van der Waals surface area (Å²) in [6.45, 7) is 0.343. The van der Waals surface area contributed by atoms with Crippen molar-refractivity contribution in [3.8, 4) is 5.75 Å². The minimum atomic E-state index is -0.484. The maximum Gasteiger partial charge on any atom is 0.126 e. The molecule has 1 atom stereocenters. The molecule has 0 saturated heterocycles. The van der Waals surface area contributed by atoms with Gasteiger partial charge < -0.3 is 9.84 Å². The molecular formula is C8H7ClO2. The predicted octanol–water partition coefficient (Wildman–Crippen LogP) is 1.77. The Hall–Kier alpha value is -0.730. The first-order chi connectivity index (χ1) is 5.27. The van der Waals surface area contributed by atoms with Crippen LogP contribution in [0, 0.1) is 0 Å². The number of benzene rings is 1. The maximum atomic E-state index is 9.30. The van der Waals surface area contributed by atoms with E-state index in [2.05, 4.69) is 0 Å². The number of aliphatic hydroxyl groups excluding tert-OH is 1. The van der Waals surface area contributed by atoms with Crippen LogP contribution in [0.3, 0.4) is 0 Å².